The van der Waals surface area contributed by atoms with Crippen molar-refractivity contribution >= 4 is 11.9 Å². The third-order valence-electron chi connectivity index (χ3n) is 2.80. The number of aryl methyl sites for hydroxylation is 1. The molecule has 1 unspecified atom stereocenters. The molecule has 1 amide bonds. The van der Waals surface area contributed by atoms with Gasteiger partial charge in [-0.3, -0.25) is 14.3 Å². The predicted octanol–water partition coefficient (Wildman–Crippen LogP) is 0.674. The van der Waals surface area contributed by atoms with E-state index in [1.165, 1.54) is 0 Å². The van der Waals surface area contributed by atoms with Crippen molar-refractivity contribution < 1.29 is 14.7 Å². The zero-order chi connectivity index (χ0) is 14.5. The zero-order valence-electron chi connectivity index (χ0n) is 11.5. The van der Waals surface area contributed by atoms with Gasteiger partial charge in [-0.1, -0.05) is 26.0 Å². The maximum Gasteiger partial charge on any atom is 0.305 e. The lowest BCUT2D eigenvalue weighted by Crippen LogP contribution is -2.45. The maximum atomic E-state index is 11.8. The Morgan fingerprint density at radius 3 is 2.58 bits per heavy atom. The van der Waals surface area contributed by atoms with E-state index >= 15 is 0 Å². The lowest BCUT2D eigenvalue weighted by molar-refractivity contribution is -0.138. The molecule has 1 heterocycles. The lowest BCUT2D eigenvalue weighted by Gasteiger charge is -2.30. The van der Waals surface area contributed by atoms with E-state index in [4.69, 9.17) is 5.11 Å². The van der Waals surface area contributed by atoms with Crippen LogP contribution in [0.5, 0.6) is 0 Å². The molecule has 106 valence electrons. The van der Waals surface area contributed by atoms with E-state index in [9.17, 15) is 9.59 Å². The summed E-state index contributed by atoms with van der Waals surface area (Å²) in [5, 5.41) is 19.0. The summed E-state index contributed by atoms with van der Waals surface area (Å²) in [6, 6.07) is -0.395. The molecular formula is C12H20N4O3. The van der Waals surface area contributed by atoms with Gasteiger partial charge in [-0.25, -0.2) is 0 Å². The number of nitrogens with zero attached hydrogens (tertiary/aromatic N) is 3. The highest BCUT2D eigenvalue weighted by atomic mass is 16.4. The van der Waals surface area contributed by atoms with E-state index in [-0.39, 0.29) is 24.2 Å². The molecule has 1 aromatic heterocycles. The molecule has 0 radical (unpaired) electrons. The molecule has 0 bridgehead atoms. The Bertz CT molecular complexity index is 423. The van der Waals surface area contributed by atoms with Crippen LogP contribution in [0.15, 0.2) is 12.4 Å². The molecule has 7 nitrogen and oxygen atoms in total. The van der Waals surface area contributed by atoms with Crippen molar-refractivity contribution in [2.75, 3.05) is 0 Å². The molecule has 0 saturated carbocycles. The molecule has 19 heavy (non-hydrogen) atoms. The van der Waals surface area contributed by atoms with Gasteiger partial charge in [-0.2, -0.15) is 0 Å². The first kappa shape index (κ1) is 15.1. The fourth-order valence-electron chi connectivity index (χ4n) is 1.58. The Morgan fingerprint density at radius 2 is 2.11 bits per heavy atom. The third kappa shape index (κ3) is 5.50. The summed E-state index contributed by atoms with van der Waals surface area (Å²) >= 11 is 0. The fraction of sp³-hybridized carbons (Fsp3) is 0.667. The van der Waals surface area contributed by atoms with Gasteiger partial charge in [0.2, 0.25) is 5.91 Å². The second-order valence-electron chi connectivity index (χ2n) is 5.50. The number of hydrogen-bond acceptors (Lipinski definition) is 4. The van der Waals surface area contributed by atoms with Gasteiger partial charge in [0.05, 0.1) is 19.2 Å². The highest BCUT2D eigenvalue weighted by Gasteiger charge is 2.28. The number of carbonyl (C=O) groups excluding carboxylic acids is 1. The number of aromatic nitrogens is 3. The highest BCUT2D eigenvalue weighted by molar-refractivity contribution is 5.77. The lowest BCUT2D eigenvalue weighted by atomic mass is 9.84. The summed E-state index contributed by atoms with van der Waals surface area (Å²) in [6.45, 7) is 6.13. The van der Waals surface area contributed by atoms with Crippen LogP contribution in [-0.2, 0) is 16.1 Å². The largest absolute Gasteiger partial charge is 0.481 e. The van der Waals surface area contributed by atoms with Crippen LogP contribution in [0, 0.1) is 5.41 Å². The van der Waals surface area contributed by atoms with Gasteiger partial charge in [0.1, 0.15) is 0 Å². The van der Waals surface area contributed by atoms with Crippen LogP contribution in [-0.4, -0.2) is 38.0 Å². The number of carboxylic acid groups (broad SMARTS) is 1. The van der Waals surface area contributed by atoms with Gasteiger partial charge in [-0.15, -0.1) is 5.10 Å². The minimum absolute atomic E-state index is 0.0848. The molecule has 0 aliphatic rings. The molecule has 2 N–H and O–H groups in total. The quantitative estimate of drug-likeness (QED) is 0.790. The summed E-state index contributed by atoms with van der Waals surface area (Å²) < 4.78 is 1.56. The maximum absolute atomic E-state index is 11.8. The van der Waals surface area contributed by atoms with Gasteiger partial charge in [0.15, 0.2) is 0 Å². The second kappa shape index (κ2) is 6.31. The van der Waals surface area contributed by atoms with Crippen LogP contribution in [0.2, 0.25) is 0 Å². The van der Waals surface area contributed by atoms with Crippen LogP contribution in [0.3, 0.4) is 0 Å². The van der Waals surface area contributed by atoms with Gasteiger partial charge in [-0.05, 0) is 5.41 Å². The summed E-state index contributed by atoms with van der Waals surface area (Å²) in [5.41, 5.74) is -0.304. The summed E-state index contributed by atoms with van der Waals surface area (Å²) in [7, 11) is 0. The molecule has 0 aliphatic carbocycles. The van der Waals surface area contributed by atoms with Crippen LogP contribution in [0.4, 0.5) is 0 Å². The van der Waals surface area contributed by atoms with Gasteiger partial charge in [0.25, 0.3) is 0 Å². The van der Waals surface area contributed by atoms with Crippen LogP contribution < -0.4 is 5.32 Å². The molecule has 0 fully saturated rings. The number of rotatable bonds is 6. The first-order valence-electron chi connectivity index (χ1n) is 6.14. The van der Waals surface area contributed by atoms with Crippen molar-refractivity contribution in [2.45, 2.75) is 46.2 Å². The standard InChI is InChI=1S/C12H20N4O3/c1-12(2,3)9(8-11(18)19)14-10(17)4-6-16-7-5-13-15-16/h5,7,9H,4,6,8H2,1-3H3,(H,14,17)(H,18,19). The Morgan fingerprint density at radius 1 is 1.42 bits per heavy atom. The van der Waals surface area contributed by atoms with E-state index in [0.717, 1.165) is 0 Å². The molecule has 0 saturated heterocycles. The fourth-order valence-corrected chi connectivity index (χ4v) is 1.58. The monoisotopic (exact) mass is 268 g/mol. The second-order valence-corrected chi connectivity index (χ2v) is 5.50. The van der Waals surface area contributed by atoms with Crippen molar-refractivity contribution in [1.82, 2.24) is 20.3 Å². The smallest absolute Gasteiger partial charge is 0.305 e. The number of nitrogens with one attached hydrogen (secondary N) is 1. The predicted molar refractivity (Wildman–Crippen MR) is 68.3 cm³/mol. The summed E-state index contributed by atoms with van der Waals surface area (Å²) in [4.78, 5) is 22.6. The highest BCUT2D eigenvalue weighted by Crippen LogP contribution is 2.21. The van der Waals surface area contributed by atoms with Crippen LogP contribution in [0.1, 0.15) is 33.6 Å². The van der Waals surface area contributed by atoms with E-state index in [0.29, 0.717) is 6.54 Å². The molecule has 0 spiro atoms. The Kier molecular flexibility index (Phi) is 5.02. The number of hydrogen-bond donors (Lipinski definition) is 2. The first-order valence-corrected chi connectivity index (χ1v) is 6.14. The summed E-state index contributed by atoms with van der Waals surface area (Å²) in [5.74, 6) is -1.10. The van der Waals surface area contributed by atoms with Crippen molar-refractivity contribution in [3.05, 3.63) is 12.4 Å². The molecule has 1 atom stereocenters. The minimum atomic E-state index is -0.920. The minimum Gasteiger partial charge on any atom is -0.481 e. The van der Waals surface area contributed by atoms with Crippen LogP contribution >= 0.6 is 0 Å². The molecule has 7 heteroatoms. The van der Waals surface area contributed by atoms with Crippen molar-refractivity contribution in [2.24, 2.45) is 5.41 Å². The van der Waals surface area contributed by atoms with E-state index < -0.39 is 12.0 Å². The van der Waals surface area contributed by atoms with Gasteiger partial charge >= 0.3 is 5.97 Å². The van der Waals surface area contributed by atoms with Gasteiger partial charge in [0, 0.05) is 18.7 Å². The average Bonchev–Trinajstić information content (AvgIpc) is 2.76. The van der Waals surface area contributed by atoms with Gasteiger partial charge < -0.3 is 10.4 Å². The zero-order valence-corrected chi connectivity index (χ0v) is 11.5. The van der Waals surface area contributed by atoms with E-state index in [1.807, 2.05) is 20.8 Å². The normalized spacial score (nSPS) is 13.0. The SMILES string of the molecule is CC(C)(C)C(CC(=O)O)NC(=O)CCn1ccnn1. The Hall–Kier alpha value is -1.92. The Balaban J connectivity index is 2.49. The number of carbonyl (C=O) groups is 2. The summed E-state index contributed by atoms with van der Waals surface area (Å²) in [6.07, 6.45) is 3.38. The molecule has 0 aliphatic heterocycles. The number of aliphatic carboxylic acids is 1. The van der Waals surface area contributed by atoms with Crippen LogP contribution in [0.25, 0.3) is 0 Å². The number of carboxylic acids is 1. The van der Waals surface area contributed by atoms with E-state index in [2.05, 4.69) is 15.6 Å². The molecule has 1 rings (SSSR count). The molecular weight excluding hydrogens is 248 g/mol. The van der Waals surface area contributed by atoms with Crippen molar-refractivity contribution in [1.29, 1.82) is 0 Å². The van der Waals surface area contributed by atoms with Crippen molar-refractivity contribution in [3.63, 3.8) is 0 Å². The molecule has 0 aromatic carbocycles. The molecule has 1 aromatic rings. The third-order valence-corrected chi connectivity index (χ3v) is 2.80. The Labute approximate surface area is 112 Å². The van der Waals surface area contributed by atoms with Crippen molar-refractivity contribution in [3.8, 4) is 0 Å². The van der Waals surface area contributed by atoms with E-state index in [1.54, 1.807) is 17.1 Å². The topological polar surface area (TPSA) is 97.1 Å². The average molecular weight is 268 g/mol. The number of amides is 1. The first-order chi connectivity index (χ1) is 8.79.